The smallest absolute Gasteiger partial charge is 0.171 e. The number of nitrogens with one attached hydrogen (secondary N) is 3. The monoisotopic (exact) mass is 525 g/mol. The molecule has 0 saturated heterocycles. The van der Waals surface area contributed by atoms with Gasteiger partial charge < -0.3 is 9.47 Å². The minimum atomic E-state index is 0.0139. The Kier molecular flexibility index (Phi) is 17.9. The van der Waals surface area contributed by atoms with Crippen LogP contribution in [0.15, 0.2) is 63.7 Å². The highest BCUT2D eigenvalue weighted by Gasteiger charge is 2.13. The Hall–Kier alpha value is -3.27. The molecule has 38 heavy (non-hydrogen) atoms. The van der Waals surface area contributed by atoms with Crippen molar-refractivity contribution in [2.75, 3.05) is 19.8 Å². The van der Waals surface area contributed by atoms with E-state index in [2.05, 4.69) is 82.6 Å². The van der Waals surface area contributed by atoms with Gasteiger partial charge in [0.15, 0.2) is 12.1 Å². The molecule has 2 aromatic rings. The van der Waals surface area contributed by atoms with Crippen LogP contribution in [0.5, 0.6) is 0 Å². The highest BCUT2D eigenvalue weighted by atomic mass is 16.7. The van der Waals surface area contributed by atoms with E-state index in [1.165, 1.54) is 11.9 Å². The van der Waals surface area contributed by atoms with Gasteiger partial charge in [0.2, 0.25) is 0 Å². The lowest BCUT2D eigenvalue weighted by molar-refractivity contribution is -0.136. The van der Waals surface area contributed by atoms with Crippen LogP contribution in [0.4, 0.5) is 0 Å². The molecule has 0 bridgehead atoms. The van der Waals surface area contributed by atoms with Gasteiger partial charge in [-0.25, -0.2) is 5.53 Å². The van der Waals surface area contributed by atoms with Crippen molar-refractivity contribution in [3.63, 3.8) is 0 Å². The number of aliphatic imine (C=N–C) groups is 1. The summed E-state index contributed by atoms with van der Waals surface area (Å²) in [5.74, 6) is 0.770. The van der Waals surface area contributed by atoms with Crippen LogP contribution >= 0.6 is 0 Å². The zero-order valence-electron chi connectivity index (χ0n) is 24.0. The van der Waals surface area contributed by atoms with Crippen LogP contribution in [0.25, 0.3) is 11.1 Å². The second kappa shape index (κ2) is 20.7. The fraction of sp³-hybridized carbons (Fsp3) is 0.483. The molecule has 9 heteroatoms. The third-order valence-electron chi connectivity index (χ3n) is 5.32. The third kappa shape index (κ3) is 11.9. The standard InChI is InChI=1S/C20H25N7.C7H16O2.C2H6/c1-3-4-13-27(22-15-21-2)14-16-9-11-17(12-10-16)18-7-5-6-8-19(18)20-23-25-26-24-20;1-4-7(8-5-2)9-6-3;1-2/h5-12,15,25-26H,2-4,13-14H2,1H3,(H,23,24);7H,4-6H2,1-3H3;1-2H3/b22-15-;;. The highest BCUT2D eigenvalue weighted by Crippen LogP contribution is 2.25. The molecule has 0 fully saturated rings. The average Bonchev–Trinajstić information content (AvgIpc) is 3.51. The van der Waals surface area contributed by atoms with Gasteiger partial charge in [0.05, 0.1) is 6.54 Å². The van der Waals surface area contributed by atoms with Gasteiger partial charge in [0, 0.05) is 25.3 Å². The molecular weight excluding hydrogens is 478 g/mol. The third-order valence-corrected chi connectivity index (χ3v) is 5.32. The summed E-state index contributed by atoms with van der Waals surface area (Å²) in [7, 11) is 0. The van der Waals surface area contributed by atoms with Crippen LogP contribution in [0.1, 0.15) is 71.9 Å². The number of benzene rings is 2. The first kappa shape index (κ1) is 32.8. The fourth-order valence-corrected chi connectivity index (χ4v) is 3.55. The summed E-state index contributed by atoms with van der Waals surface area (Å²) in [6, 6.07) is 16.7. The lowest BCUT2D eigenvalue weighted by Crippen LogP contribution is -2.35. The summed E-state index contributed by atoms with van der Waals surface area (Å²) in [4.78, 5) is 3.72. The van der Waals surface area contributed by atoms with Gasteiger partial charge in [-0.3, -0.25) is 15.4 Å². The number of nitrogens with zero attached hydrogens (tertiary/aromatic N) is 4. The quantitative estimate of drug-likeness (QED) is 0.127. The average molecular weight is 526 g/mol. The maximum absolute atomic E-state index is 5.21. The van der Waals surface area contributed by atoms with E-state index in [9.17, 15) is 0 Å². The minimum absolute atomic E-state index is 0.0139. The Morgan fingerprint density at radius 1 is 0.974 bits per heavy atom. The molecule has 0 spiro atoms. The Morgan fingerprint density at radius 2 is 1.63 bits per heavy atom. The lowest BCUT2D eigenvalue weighted by Gasteiger charge is -2.18. The topological polar surface area (TPSA) is 94.9 Å². The van der Waals surface area contributed by atoms with Crippen molar-refractivity contribution >= 4 is 18.9 Å². The predicted molar refractivity (Wildman–Crippen MR) is 160 cm³/mol. The molecule has 0 radical (unpaired) electrons. The van der Waals surface area contributed by atoms with Crippen LogP contribution < -0.4 is 16.5 Å². The van der Waals surface area contributed by atoms with Gasteiger partial charge in [-0.2, -0.15) is 5.10 Å². The molecule has 1 aliphatic rings. The van der Waals surface area contributed by atoms with Crippen LogP contribution in [-0.2, 0) is 16.0 Å². The largest absolute Gasteiger partial charge is 0.353 e. The van der Waals surface area contributed by atoms with E-state index in [-0.39, 0.29) is 6.29 Å². The van der Waals surface area contributed by atoms with E-state index >= 15 is 0 Å². The molecule has 3 N–H and O–H groups in total. The molecule has 0 unspecified atom stereocenters. The molecular formula is C29H47N7O2. The Balaban J connectivity index is 0.000000559. The zero-order chi connectivity index (χ0) is 28.0. The minimum Gasteiger partial charge on any atom is -0.353 e. The number of ether oxygens (including phenoxy) is 2. The molecule has 9 nitrogen and oxygen atoms in total. The molecule has 1 aliphatic heterocycles. The maximum atomic E-state index is 5.21. The van der Waals surface area contributed by atoms with Gasteiger partial charge in [0.25, 0.3) is 0 Å². The van der Waals surface area contributed by atoms with E-state index in [4.69, 9.17) is 9.47 Å². The van der Waals surface area contributed by atoms with Crippen LogP contribution in [0.2, 0.25) is 0 Å². The fourth-order valence-electron chi connectivity index (χ4n) is 3.55. The molecule has 2 aromatic carbocycles. The van der Waals surface area contributed by atoms with Crippen molar-refractivity contribution in [2.24, 2.45) is 15.2 Å². The van der Waals surface area contributed by atoms with Crippen molar-refractivity contribution in [3.8, 4) is 11.1 Å². The van der Waals surface area contributed by atoms with Crippen LogP contribution in [-0.4, -0.2) is 49.9 Å². The van der Waals surface area contributed by atoms with Crippen LogP contribution in [0.3, 0.4) is 0 Å². The summed E-state index contributed by atoms with van der Waals surface area (Å²) in [6.07, 6.45) is 4.67. The van der Waals surface area contributed by atoms with Gasteiger partial charge in [0.1, 0.15) is 6.34 Å². The molecule has 0 saturated carbocycles. The zero-order valence-corrected chi connectivity index (χ0v) is 24.0. The SMILES string of the molecule is C=N/C=N\N(CCCC)Cc1ccc(-c2ccccc2C2=NNNN2)cc1.CC.CCOC(CC)OCC. The highest BCUT2D eigenvalue weighted by molar-refractivity contribution is 6.04. The Bertz CT molecular complexity index is 942. The molecule has 210 valence electrons. The van der Waals surface area contributed by atoms with Crippen molar-refractivity contribution < 1.29 is 9.47 Å². The van der Waals surface area contributed by atoms with Gasteiger partial charge in [-0.15, -0.1) is 10.6 Å². The number of unbranched alkanes of at least 4 members (excludes halogenated alkanes) is 1. The number of rotatable bonds is 14. The van der Waals surface area contributed by atoms with E-state index in [0.717, 1.165) is 68.1 Å². The van der Waals surface area contributed by atoms with Crippen LogP contribution in [0, 0.1) is 0 Å². The summed E-state index contributed by atoms with van der Waals surface area (Å²) in [5.41, 5.74) is 13.0. The first-order valence-electron chi connectivity index (χ1n) is 13.6. The number of amidine groups is 1. The summed E-state index contributed by atoms with van der Waals surface area (Å²) >= 11 is 0. The lowest BCUT2D eigenvalue weighted by atomic mass is 9.98. The molecule has 0 aliphatic carbocycles. The van der Waals surface area contributed by atoms with E-state index < -0.39 is 0 Å². The van der Waals surface area contributed by atoms with Gasteiger partial charge in [-0.1, -0.05) is 82.6 Å². The first-order chi connectivity index (χ1) is 18.7. The summed E-state index contributed by atoms with van der Waals surface area (Å²) in [6.45, 7) is 18.7. The molecule has 0 atom stereocenters. The summed E-state index contributed by atoms with van der Waals surface area (Å²) in [5, 5.41) is 10.6. The van der Waals surface area contributed by atoms with E-state index in [1.807, 2.05) is 50.9 Å². The molecule has 3 rings (SSSR count). The second-order valence-corrected chi connectivity index (χ2v) is 7.97. The molecule has 0 aromatic heterocycles. The number of hydrazone groups is 2. The molecule has 1 heterocycles. The Morgan fingerprint density at radius 3 is 2.16 bits per heavy atom. The second-order valence-electron chi connectivity index (χ2n) is 7.97. The summed E-state index contributed by atoms with van der Waals surface area (Å²) < 4.78 is 10.4. The first-order valence-corrected chi connectivity index (χ1v) is 13.6. The number of hydrogen-bond donors (Lipinski definition) is 3. The van der Waals surface area contributed by atoms with E-state index in [1.54, 1.807) is 0 Å². The van der Waals surface area contributed by atoms with Crippen molar-refractivity contribution in [2.45, 2.75) is 73.6 Å². The van der Waals surface area contributed by atoms with Crippen molar-refractivity contribution in [1.82, 2.24) is 21.5 Å². The van der Waals surface area contributed by atoms with Crippen molar-refractivity contribution in [3.05, 3.63) is 59.7 Å². The number of hydrogen-bond acceptors (Lipinski definition) is 8. The van der Waals surface area contributed by atoms with Gasteiger partial charge in [-0.05, 0) is 50.1 Å². The normalized spacial score (nSPS) is 12.0. The van der Waals surface area contributed by atoms with E-state index in [0.29, 0.717) is 0 Å². The van der Waals surface area contributed by atoms with Crippen molar-refractivity contribution in [1.29, 1.82) is 0 Å². The maximum Gasteiger partial charge on any atom is 0.171 e. The molecule has 0 amide bonds. The number of hydrazine groups is 2. The van der Waals surface area contributed by atoms with Gasteiger partial charge >= 0.3 is 0 Å². The Labute approximate surface area is 229 Å². The predicted octanol–water partition coefficient (Wildman–Crippen LogP) is 5.70.